The molecule has 2 atom stereocenters. The third-order valence-electron chi connectivity index (χ3n) is 4.81. The number of hydrogen-bond acceptors (Lipinski definition) is 4. The molecule has 3 aliphatic heterocycles. The third-order valence-corrected chi connectivity index (χ3v) is 4.81. The first-order chi connectivity index (χ1) is 7.61. The Kier molecular flexibility index (Phi) is 2.51. The second kappa shape index (κ2) is 3.67. The van der Waals surface area contributed by atoms with Crippen LogP contribution in [-0.4, -0.2) is 41.5 Å². The smallest absolute Gasteiger partial charge is 0.0857 e. The molecule has 0 aliphatic carbocycles. The number of ether oxygens (including phenoxy) is 1. The highest BCUT2D eigenvalue weighted by molar-refractivity contribution is 5.12. The van der Waals surface area contributed by atoms with Crippen LogP contribution < -0.4 is 11.1 Å². The average molecular weight is 226 g/mol. The van der Waals surface area contributed by atoms with Gasteiger partial charge in [-0.05, 0) is 38.5 Å². The summed E-state index contributed by atoms with van der Waals surface area (Å²) < 4.78 is 5.36. The number of nitrogens with two attached hydrogens (primary N) is 1. The summed E-state index contributed by atoms with van der Waals surface area (Å²) in [5, 5.41) is 14.5. The van der Waals surface area contributed by atoms with Gasteiger partial charge in [0, 0.05) is 30.8 Å². The Hall–Kier alpha value is -0.160. The normalized spacial score (nSPS) is 46.9. The number of aliphatic hydroxyl groups is 1. The van der Waals surface area contributed by atoms with Gasteiger partial charge in [-0.3, -0.25) is 0 Å². The van der Waals surface area contributed by atoms with E-state index in [9.17, 15) is 5.11 Å². The summed E-state index contributed by atoms with van der Waals surface area (Å²) in [5.41, 5.74) is 5.37. The maximum Gasteiger partial charge on any atom is 0.0857 e. The zero-order valence-electron chi connectivity index (χ0n) is 9.74. The quantitative estimate of drug-likeness (QED) is 0.595. The van der Waals surface area contributed by atoms with Gasteiger partial charge in [-0.25, -0.2) is 0 Å². The number of hydrogen-bond donors (Lipinski definition) is 3. The fourth-order valence-corrected chi connectivity index (χ4v) is 3.73. The van der Waals surface area contributed by atoms with Crippen LogP contribution in [0, 0.1) is 0 Å². The van der Waals surface area contributed by atoms with Gasteiger partial charge in [0.1, 0.15) is 0 Å². The Labute approximate surface area is 96.5 Å². The molecule has 3 fully saturated rings. The molecule has 92 valence electrons. The highest BCUT2D eigenvalue weighted by Crippen LogP contribution is 2.43. The molecule has 4 heteroatoms. The van der Waals surface area contributed by atoms with E-state index in [1.165, 1.54) is 12.8 Å². The molecule has 3 rings (SSSR count). The van der Waals surface area contributed by atoms with E-state index < -0.39 is 11.1 Å². The van der Waals surface area contributed by atoms with E-state index in [2.05, 4.69) is 5.32 Å². The molecule has 0 spiro atoms. The fourth-order valence-electron chi connectivity index (χ4n) is 3.73. The van der Waals surface area contributed by atoms with Gasteiger partial charge in [0.15, 0.2) is 0 Å². The average Bonchev–Trinajstić information content (AvgIpc) is 2.59. The van der Waals surface area contributed by atoms with E-state index in [0.29, 0.717) is 25.3 Å². The Morgan fingerprint density at radius 3 is 2.25 bits per heavy atom. The van der Waals surface area contributed by atoms with Crippen molar-refractivity contribution in [1.82, 2.24) is 5.32 Å². The van der Waals surface area contributed by atoms with Crippen molar-refractivity contribution in [3.63, 3.8) is 0 Å². The van der Waals surface area contributed by atoms with Gasteiger partial charge in [0.25, 0.3) is 0 Å². The minimum absolute atomic E-state index is 0.422. The molecule has 0 aromatic heterocycles. The summed E-state index contributed by atoms with van der Waals surface area (Å²) in [6.07, 6.45) is 5.62. The van der Waals surface area contributed by atoms with E-state index in [4.69, 9.17) is 10.5 Å². The molecule has 2 unspecified atom stereocenters. The summed E-state index contributed by atoms with van der Waals surface area (Å²) in [6.45, 7) is 1.39. The predicted molar refractivity (Wildman–Crippen MR) is 61.1 cm³/mol. The van der Waals surface area contributed by atoms with Crippen LogP contribution in [0.4, 0.5) is 0 Å². The van der Waals surface area contributed by atoms with Crippen molar-refractivity contribution >= 4 is 0 Å². The Morgan fingerprint density at radius 2 is 1.69 bits per heavy atom. The summed E-state index contributed by atoms with van der Waals surface area (Å²) in [7, 11) is 0. The third kappa shape index (κ3) is 1.59. The first kappa shape index (κ1) is 11.0. The molecule has 2 bridgehead atoms. The molecule has 3 aliphatic rings. The highest BCUT2D eigenvalue weighted by Gasteiger charge is 2.53. The number of rotatable bonds is 1. The van der Waals surface area contributed by atoms with Crippen LogP contribution in [0.5, 0.6) is 0 Å². The standard InChI is InChI=1S/C12H22N2O2/c13-11(3-5-16-6-4-11)12(15)7-9-1-2-10(8-12)14-9/h9-10,14-15H,1-8,13H2. The fraction of sp³-hybridized carbons (Fsp3) is 1.00. The van der Waals surface area contributed by atoms with Gasteiger partial charge >= 0.3 is 0 Å². The molecule has 4 nitrogen and oxygen atoms in total. The lowest BCUT2D eigenvalue weighted by molar-refractivity contribution is -0.108. The zero-order valence-corrected chi connectivity index (χ0v) is 9.74. The first-order valence-corrected chi connectivity index (χ1v) is 6.46. The molecule has 16 heavy (non-hydrogen) atoms. The van der Waals surface area contributed by atoms with Crippen LogP contribution in [-0.2, 0) is 4.74 Å². The van der Waals surface area contributed by atoms with E-state index in [1.807, 2.05) is 0 Å². The van der Waals surface area contributed by atoms with Gasteiger partial charge in [0.2, 0.25) is 0 Å². The topological polar surface area (TPSA) is 67.5 Å². The molecular formula is C12H22N2O2. The second-order valence-corrected chi connectivity index (χ2v) is 5.85. The van der Waals surface area contributed by atoms with Crippen molar-refractivity contribution in [3.8, 4) is 0 Å². The van der Waals surface area contributed by atoms with Crippen LogP contribution in [0.15, 0.2) is 0 Å². The highest BCUT2D eigenvalue weighted by atomic mass is 16.5. The zero-order chi connectivity index (χ0) is 11.2. The van der Waals surface area contributed by atoms with E-state index in [0.717, 1.165) is 25.7 Å². The summed E-state index contributed by atoms with van der Waals surface area (Å²) in [4.78, 5) is 0. The van der Waals surface area contributed by atoms with Crippen molar-refractivity contribution in [1.29, 1.82) is 0 Å². The van der Waals surface area contributed by atoms with Gasteiger partial charge in [-0.2, -0.15) is 0 Å². The first-order valence-electron chi connectivity index (χ1n) is 6.46. The van der Waals surface area contributed by atoms with E-state index >= 15 is 0 Å². The largest absolute Gasteiger partial charge is 0.388 e. The maximum absolute atomic E-state index is 10.9. The SMILES string of the molecule is NC1(C2(O)CC3CCC(C2)N3)CCOCC1. The summed E-state index contributed by atoms with van der Waals surface area (Å²) in [5.74, 6) is 0. The van der Waals surface area contributed by atoms with Gasteiger partial charge in [-0.1, -0.05) is 0 Å². The second-order valence-electron chi connectivity index (χ2n) is 5.85. The van der Waals surface area contributed by atoms with E-state index in [-0.39, 0.29) is 0 Å². The van der Waals surface area contributed by atoms with Gasteiger partial charge in [0.05, 0.1) is 5.60 Å². The minimum Gasteiger partial charge on any atom is -0.388 e. The molecule has 0 aromatic carbocycles. The molecule has 3 heterocycles. The minimum atomic E-state index is -0.673. The lowest BCUT2D eigenvalue weighted by Gasteiger charge is -2.50. The molecule has 0 amide bonds. The van der Waals surface area contributed by atoms with Crippen LogP contribution in [0.25, 0.3) is 0 Å². The van der Waals surface area contributed by atoms with Crippen LogP contribution in [0.2, 0.25) is 0 Å². The molecule has 3 saturated heterocycles. The Bertz CT molecular complexity index is 264. The van der Waals surface area contributed by atoms with Crippen molar-refractivity contribution < 1.29 is 9.84 Å². The monoisotopic (exact) mass is 226 g/mol. The van der Waals surface area contributed by atoms with Gasteiger partial charge in [-0.15, -0.1) is 0 Å². The van der Waals surface area contributed by atoms with Crippen LogP contribution in [0.3, 0.4) is 0 Å². The maximum atomic E-state index is 10.9. The molecule has 0 aromatic rings. The van der Waals surface area contributed by atoms with Crippen molar-refractivity contribution in [2.75, 3.05) is 13.2 Å². The molecule has 4 N–H and O–H groups in total. The molecular weight excluding hydrogens is 204 g/mol. The molecule has 0 saturated carbocycles. The van der Waals surface area contributed by atoms with E-state index in [1.54, 1.807) is 0 Å². The number of piperidine rings is 1. The lowest BCUT2D eigenvalue weighted by Crippen LogP contribution is -2.67. The summed E-state index contributed by atoms with van der Waals surface area (Å²) >= 11 is 0. The lowest BCUT2D eigenvalue weighted by atomic mass is 9.68. The van der Waals surface area contributed by atoms with Crippen molar-refractivity contribution in [2.24, 2.45) is 5.73 Å². The van der Waals surface area contributed by atoms with Crippen LogP contribution in [0.1, 0.15) is 38.5 Å². The number of fused-ring (bicyclic) bond motifs is 2. The van der Waals surface area contributed by atoms with Crippen LogP contribution >= 0.6 is 0 Å². The molecule has 0 radical (unpaired) electrons. The summed E-state index contributed by atoms with van der Waals surface area (Å²) in [6, 6.07) is 0.957. The Morgan fingerprint density at radius 1 is 1.12 bits per heavy atom. The van der Waals surface area contributed by atoms with Crippen molar-refractivity contribution in [3.05, 3.63) is 0 Å². The van der Waals surface area contributed by atoms with Gasteiger partial charge < -0.3 is 20.9 Å². The number of nitrogens with one attached hydrogen (secondary N) is 1. The predicted octanol–water partition coefficient (Wildman–Crippen LogP) is 0.140. The van der Waals surface area contributed by atoms with Crippen molar-refractivity contribution in [2.45, 2.75) is 61.7 Å². The Balaban J connectivity index is 1.81.